The summed E-state index contributed by atoms with van der Waals surface area (Å²) in [5.41, 5.74) is 0. The fraction of sp³-hybridized carbons (Fsp3) is 1.00. The smallest absolute Gasteiger partial charge is 0.0701 e. The Morgan fingerprint density at radius 2 is 1.68 bits per heavy atom. The zero-order chi connectivity index (χ0) is 13.8. The van der Waals surface area contributed by atoms with E-state index in [0.29, 0.717) is 26.4 Å². The van der Waals surface area contributed by atoms with Gasteiger partial charge in [-0.3, -0.25) is 4.90 Å². The fourth-order valence-corrected chi connectivity index (χ4v) is 2.26. The van der Waals surface area contributed by atoms with Crippen molar-refractivity contribution >= 4 is 11.6 Å². The van der Waals surface area contributed by atoms with E-state index in [1.54, 1.807) is 7.11 Å². The molecule has 0 aliphatic heterocycles. The molecule has 0 aromatic carbocycles. The van der Waals surface area contributed by atoms with E-state index in [2.05, 4.69) is 4.90 Å². The highest BCUT2D eigenvalue weighted by Crippen LogP contribution is 2.24. The van der Waals surface area contributed by atoms with Crippen molar-refractivity contribution in [2.45, 2.75) is 31.7 Å². The van der Waals surface area contributed by atoms with Gasteiger partial charge in [0.25, 0.3) is 0 Å². The van der Waals surface area contributed by atoms with Crippen LogP contribution in [-0.2, 0) is 14.2 Å². The zero-order valence-electron chi connectivity index (χ0n) is 12.1. The van der Waals surface area contributed by atoms with Crippen molar-refractivity contribution in [2.24, 2.45) is 0 Å². The number of hydrogen-bond acceptors (Lipinski definition) is 4. The monoisotopic (exact) mass is 293 g/mol. The minimum atomic E-state index is 0.643. The second kappa shape index (κ2) is 11.9. The molecule has 0 heterocycles. The van der Waals surface area contributed by atoms with E-state index in [1.165, 1.54) is 19.3 Å². The average molecular weight is 294 g/mol. The molecule has 1 saturated carbocycles. The predicted octanol–water partition coefficient (Wildman–Crippen LogP) is 2.15. The lowest BCUT2D eigenvalue weighted by Crippen LogP contribution is -2.42. The molecule has 5 heteroatoms. The lowest BCUT2D eigenvalue weighted by Gasteiger charge is -2.37. The third kappa shape index (κ3) is 8.10. The summed E-state index contributed by atoms with van der Waals surface area (Å²) in [7, 11) is 1.68. The van der Waals surface area contributed by atoms with Gasteiger partial charge >= 0.3 is 0 Å². The van der Waals surface area contributed by atoms with Gasteiger partial charge < -0.3 is 14.2 Å². The van der Waals surface area contributed by atoms with Gasteiger partial charge in [0.2, 0.25) is 0 Å². The van der Waals surface area contributed by atoms with E-state index in [-0.39, 0.29) is 0 Å². The molecule has 0 spiro atoms. The second-order valence-electron chi connectivity index (χ2n) is 4.88. The first-order valence-electron chi connectivity index (χ1n) is 7.33. The van der Waals surface area contributed by atoms with Gasteiger partial charge in [0.05, 0.1) is 33.0 Å². The quantitative estimate of drug-likeness (QED) is 0.385. The van der Waals surface area contributed by atoms with Gasteiger partial charge in [0.15, 0.2) is 0 Å². The fourth-order valence-electron chi connectivity index (χ4n) is 2.14. The molecule has 1 rings (SSSR count). The molecule has 0 atom stereocenters. The van der Waals surface area contributed by atoms with Gasteiger partial charge in [0.1, 0.15) is 0 Å². The van der Waals surface area contributed by atoms with E-state index >= 15 is 0 Å². The minimum Gasteiger partial charge on any atom is -0.382 e. The molecule has 4 nitrogen and oxygen atoms in total. The maximum Gasteiger partial charge on any atom is 0.0701 e. The Bertz CT molecular complexity index is 203. The van der Waals surface area contributed by atoms with Crippen molar-refractivity contribution in [1.82, 2.24) is 4.90 Å². The van der Waals surface area contributed by atoms with Crippen LogP contribution in [0.3, 0.4) is 0 Å². The summed E-state index contributed by atoms with van der Waals surface area (Å²) in [6.45, 7) is 5.50. The van der Waals surface area contributed by atoms with Crippen molar-refractivity contribution < 1.29 is 14.2 Å². The maximum absolute atomic E-state index is 5.77. The molecule has 1 aliphatic carbocycles. The molecule has 0 bridgehead atoms. The Kier molecular flexibility index (Phi) is 10.8. The van der Waals surface area contributed by atoms with Crippen molar-refractivity contribution in [1.29, 1.82) is 0 Å². The number of ether oxygens (including phenoxy) is 3. The number of halogens is 1. The molecule has 1 fully saturated rings. The van der Waals surface area contributed by atoms with Crippen LogP contribution in [-0.4, -0.2) is 70.1 Å². The highest BCUT2D eigenvalue weighted by molar-refractivity contribution is 6.17. The van der Waals surface area contributed by atoms with E-state index in [1.807, 2.05) is 0 Å². The lowest BCUT2D eigenvalue weighted by atomic mass is 9.91. The molecule has 114 valence electrons. The van der Waals surface area contributed by atoms with Gasteiger partial charge in [-0.2, -0.15) is 0 Å². The molecular weight excluding hydrogens is 266 g/mol. The van der Waals surface area contributed by atoms with Crippen LogP contribution in [0, 0.1) is 0 Å². The van der Waals surface area contributed by atoms with Crippen molar-refractivity contribution in [3.63, 3.8) is 0 Å². The normalized spacial score (nSPS) is 15.9. The summed E-state index contributed by atoms with van der Waals surface area (Å²) in [6, 6.07) is 0.768. The van der Waals surface area contributed by atoms with Crippen molar-refractivity contribution in [2.75, 3.05) is 59.1 Å². The summed E-state index contributed by atoms with van der Waals surface area (Å²) < 4.78 is 15.8. The Labute approximate surface area is 122 Å². The summed E-state index contributed by atoms with van der Waals surface area (Å²) in [6.07, 6.45) is 5.11. The lowest BCUT2D eigenvalue weighted by molar-refractivity contribution is 0.0123. The topological polar surface area (TPSA) is 30.9 Å². The summed E-state index contributed by atoms with van der Waals surface area (Å²) >= 11 is 5.77. The van der Waals surface area contributed by atoms with Crippen LogP contribution in [0.15, 0.2) is 0 Å². The molecule has 0 N–H and O–H groups in total. The first-order chi connectivity index (χ1) is 9.38. The van der Waals surface area contributed by atoms with Gasteiger partial charge in [-0.1, -0.05) is 6.42 Å². The molecule has 0 saturated heterocycles. The van der Waals surface area contributed by atoms with Gasteiger partial charge in [0, 0.05) is 25.6 Å². The number of rotatable bonds is 13. The van der Waals surface area contributed by atoms with Gasteiger partial charge in [-0.25, -0.2) is 0 Å². The molecule has 0 aromatic rings. The van der Waals surface area contributed by atoms with Crippen LogP contribution in [0.4, 0.5) is 0 Å². The Morgan fingerprint density at radius 3 is 2.26 bits per heavy atom. The third-order valence-electron chi connectivity index (χ3n) is 3.50. The number of hydrogen-bond donors (Lipinski definition) is 0. The van der Waals surface area contributed by atoms with Gasteiger partial charge in [-0.05, 0) is 25.8 Å². The number of methoxy groups -OCH3 is 1. The Balaban J connectivity index is 1.95. The van der Waals surface area contributed by atoms with Crippen LogP contribution < -0.4 is 0 Å². The van der Waals surface area contributed by atoms with Crippen molar-refractivity contribution in [3.8, 4) is 0 Å². The van der Waals surface area contributed by atoms with E-state index in [9.17, 15) is 0 Å². The first kappa shape index (κ1) is 17.2. The number of alkyl halides is 1. The highest BCUT2D eigenvalue weighted by atomic mass is 35.5. The maximum atomic E-state index is 5.77. The van der Waals surface area contributed by atoms with E-state index < -0.39 is 0 Å². The van der Waals surface area contributed by atoms with Gasteiger partial charge in [-0.15, -0.1) is 11.6 Å². The van der Waals surface area contributed by atoms with Crippen LogP contribution >= 0.6 is 11.6 Å². The molecule has 0 amide bonds. The molecule has 1 aliphatic rings. The predicted molar refractivity (Wildman–Crippen MR) is 78.1 cm³/mol. The van der Waals surface area contributed by atoms with Crippen LogP contribution in [0.25, 0.3) is 0 Å². The second-order valence-corrected chi connectivity index (χ2v) is 5.26. The molecule has 0 aromatic heterocycles. The molecule has 19 heavy (non-hydrogen) atoms. The minimum absolute atomic E-state index is 0.643. The van der Waals surface area contributed by atoms with Crippen LogP contribution in [0.1, 0.15) is 25.7 Å². The molecule has 0 radical (unpaired) electrons. The highest BCUT2D eigenvalue weighted by Gasteiger charge is 2.23. The van der Waals surface area contributed by atoms with E-state index in [0.717, 1.165) is 38.0 Å². The SMILES string of the molecule is COCCOCCOCCN(CCCCl)C1CCC1. The zero-order valence-corrected chi connectivity index (χ0v) is 12.9. The van der Waals surface area contributed by atoms with Crippen LogP contribution in [0.5, 0.6) is 0 Å². The van der Waals surface area contributed by atoms with Crippen LogP contribution in [0.2, 0.25) is 0 Å². The summed E-state index contributed by atoms with van der Waals surface area (Å²) in [5.74, 6) is 0.747. The molecular formula is C14H28ClNO3. The molecule has 0 unspecified atom stereocenters. The first-order valence-corrected chi connectivity index (χ1v) is 7.86. The Hall–Kier alpha value is 0.130. The largest absolute Gasteiger partial charge is 0.382 e. The standard InChI is InChI=1S/C14H28ClNO3/c1-17-10-11-19-13-12-18-9-8-16(7-3-6-15)14-4-2-5-14/h14H,2-13H2,1H3. The summed E-state index contributed by atoms with van der Waals surface area (Å²) in [4.78, 5) is 2.53. The Morgan fingerprint density at radius 1 is 1.00 bits per heavy atom. The average Bonchev–Trinajstić information content (AvgIpc) is 2.36. The van der Waals surface area contributed by atoms with Crippen molar-refractivity contribution in [3.05, 3.63) is 0 Å². The third-order valence-corrected chi connectivity index (χ3v) is 3.76. The summed E-state index contributed by atoms with van der Waals surface area (Å²) in [5, 5.41) is 0. The number of nitrogens with zero attached hydrogens (tertiary/aromatic N) is 1. The van der Waals surface area contributed by atoms with E-state index in [4.69, 9.17) is 25.8 Å².